The minimum atomic E-state index is -4.53. The van der Waals surface area contributed by atoms with Crippen molar-refractivity contribution < 1.29 is 18.3 Å². The maximum atomic E-state index is 12.1. The molecule has 2 rings (SSSR count). The smallest absolute Gasteiger partial charge is 0.384 e. The number of aliphatic hydroxyl groups excluding tert-OH is 1. The number of aliphatic hydroxyl groups is 1. The van der Waals surface area contributed by atoms with Gasteiger partial charge in [-0.25, -0.2) is 0 Å². The van der Waals surface area contributed by atoms with Crippen LogP contribution in [0, 0.1) is 0 Å². The van der Waals surface area contributed by atoms with Crippen molar-refractivity contribution in [3.8, 4) is 0 Å². The summed E-state index contributed by atoms with van der Waals surface area (Å²) in [6, 6.07) is 7.88. The van der Waals surface area contributed by atoms with Crippen molar-refractivity contribution >= 4 is 10.9 Å². The van der Waals surface area contributed by atoms with E-state index >= 15 is 0 Å². The number of rotatable bonds is 6. The molecule has 0 aliphatic rings. The Morgan fingerprint density at radius 3 is 2.70 bits per heavy atom. The zero-order valence-electron chi connectivity index (χ0n) is 10.9. The Bertz CT molecular complexity index is 551. The van der Waals surface area contributed by atoms with Crippen LogP contribution < -0.4 is 5.32 Å². The first-order chi connectivity index (χ1) is 9.48. The van der Waals surface area contributed by atoms with Crippen molar-refractivity contribution in [2.45, 2.75) is 25.1 Å². The molecule has 1 aromatic heterocycles. The third-order valence-electron chi connectivity index (χ3n) is 3.22. The van der Waals surface area contributed by atoms with Crippen molar-refractivity contribution in [3.63, 3.8) is 0 Å². The maximum Gasteiger partial charge on any atom is 0.414 e. The lowest BCUT2D eigenvalue weighted by atomic mass is 10.1. The number of para-hydroxylation sites is 1. The van der Waals surface area contributed by atoms with Crippen molar-refractivity contribution in [1.82, 2.24) is 10.3 Å². The summed E-state index contributed by atoms with van der Waals surface area (Å²) < 4.78 is 36.2. The molecule has 6 heteroatoms. The van der Waals surface area contributed by atoms with Gasteiger partial charge in [-0.1, -0.05) is 18.2 Å². The monoisotopic (exact) mass is 286 g/mol. The van der Waals surface area contributed by atoms with Crippen LogP contribution in [0.5, 0.6) is 0 Å². The van der Waals surface area contributed by atoms with Gasteiger partial charge < -0.3 is 15.4 Å². The Kier molecular flexibility index (Phi) is 4.67. The molecule has 1 aromatic carbocycles. The third-order valence-corrected chi connectivity index (χ3v) is 3.22. The largest absolute Gasteiger partial charge is 0.414 e. The number of alkyl halides is 3. The van der Waals surface area contributed by atoms with E-state index in [1.54, 1.807) is 0 Å². The molecule has 0 unspecified atom stereocenters. The predicted molar refractivity (Wildman–Crippen MR) is 71.6 cm³/mol. The van der Waals surface area contributed by atoms with E-state index in [9.17, 15) is 13.2 Å². The van der Waals surface area contributed by atoms with Crippen LogP contribution in [0.2, 0.25) is 0 Å². The highest BCUT2D eigenvalue weighted by atomic mass is 19.4. The summed E-state index contributed by atoms with van der Waals surface area (Å²) in [5.74, 6) is 0. The molecule has 110 valence electrons. The van der Waals surface area contributed by atoms with Crippen molar-refractivity contribution in [3.05, 3.63) is 36.0 Å². The highest BCUT2D eigenvalue weighted by molar-refractivity contribution is 5.83. The van der Waals surface area contributed by atoms with E-state index in [0.29, 0.717) is 6.54 Å². The predicted octanol–water partition coefficient (Wildman–Crippen LogP) is 2.61. The average molecular weight is 286 g/mol. The standard InChI is InChI=1S/C14H17F3N2O/c15-14(16,17)13(20)6-8-18-7-5-10-9-19-12-4-2-1-3-11(10)12/h1-4,9,13,18-20H,5-8H2/t13-/m0/s1. The molecule has 1 heterocycles. The first-order valence-electron chi connectivity index (χ1n) is 6.49. The fourth-order valence-electron chi connectivity index (χ4n) is 2.09. The highest BCUT2D eigenvalue weighted by Gasteiger charge is 2.37. The van der Waals surface area contributed by atoms with E-state index in [-0.39, 0.29) is 13.0 Å². The second kappa shape index (κ2) is 6.28. The van der Waals surface area contributed by atoms with Crippen LogP contribution in [0.25, 0.3) is 10.9 Å². The number of fused-ring (bicyclic) bond motifs is 1. The molecular weight excluding hydrogens is 269 g/mol. The molecule has 0 aliphatic carbocycles. The molecule has 0 bridgehead atoms. The first-order valence-corrected chi connectivity index (χ1v) is 6.49. The maximum absolute atomic E-state index is 12.1. The van der Waals surface area contributed by atoms with Crippen LogP contribution in [-0.2, 0) is 6.42 Å². The Hall–Kier alpha value is -1.53. The van der Waals surface area contributed by atoms with E-state index in [1.807, 2.05) is 30.5 Å². The molecule has 20 heavy (non-hydrogen) atoms. The molecule has 0 saturated carbocycles. The van der Waals surface area contributed by atoms with Gasteiger partial charge in [0.1, 0.15) is 0 Å². The SMILES string of the molecule is O[C@@H](CCNCCc1c[nH]c2ccccc12)C(F)(F)F. The van der Waals surface area contributed by atoms with E-state index in [1.165, 1.54) is 0 Å². The number of benzene rings is 1. The zero-order valence-corrected chi connectivity index (χ0v) is 10.9. The van der Waals surface area contributed by atoms with E-state index < -0.39 is 12.3 Å². The number of hydrogen-bond acceptors (Lipinski definition) is 2. The van der Waals surface area contributed by atoms with Gasteiger partial charge in [0.15, 0.2) is 6.10 Å². The number of aromatic amines is 1. The fourth-order valence-corrected chi connectivity index (χ4v) is 2.09. The van der Waals surface area contributed by atoms with Crippen LogP contribution in [-0.4, -0.2) is 35.5 Å². The summed E-state index contributed by atoms with van der Waals surface area (Å²) >= 11 is 0. The lowest BCUT2D eigenvalue weighted by molar-refractivity contribution is -0.204. The fraction of sp³-hybridized carbons (Fsp3) is 0.429. The molecule has 0 saturated heterocycles. The van der Waals surface area contributed by atoms with Crippen molar-refractivity contribution in [2.75, 3.05) is 13.1 Å². The molecular formula is C14H17F3N2O. The van der Waals surface area contributed by atoms with Crippen LogP contribution >= 0.6 is 0 Å². The number of H-pyrrole nitrogens is 1. The molecule has 1 atom stereocenters. The molecule has 3 nitrogen and oxygen atoms in total. The summed E-state index contributed by atoms with van der Waals surface area (Å²) in [7, 11) is 0. The lowest BCUT2D eigenvalue weighted by Gasteiger charge is -2.14. The number of aromatic nitrogens is 1. The molecule has 0 amide bonds. The zero-order chi connectivity index (χ0) is 14.6. The van der Waals surface area contributed by atoms with Gasteiger partial charge in [-0.2, -0.15) is 13.2 Å². The third kappa shape index (κ3) is 3.74. The normalized spacial score (nSPS) is 13.8. The highest BCUT2D eigenvalue weighted by Crippen LogP contribution is 2.21. The van der Waals surface area contributed by atoms with Crippen LogP contribution in [0.4, 0.5) is 13.2 Å². The quantitative estimate of drug-likeness (QED) is 0.715. The second-order valence-corrected chi connectivity index (χ2v) is 4.71. The summed E-state index contributed by atoms with van der Waals surface area (Å²) in [6.07, 6.45) is -4.46. The Labute approximate surface area is 114 Å². The molecule has 0 radical (unpaired) electrons. The minimum Gasteiger partial charge on any atom is -0.384 e. The lowest BCUT2D eigenvalue weighted by Crippen LogP contribution is -2.32. The van der Waals surface area contributed by atoms with Gasteiger partial charge in [-0.3, -0.25) is 0 Å². The Balaban J connectivity index is 1.74. The van der Waals surface area contributed by atoms with Gasteiger partial charge in [-0.15, -0.1) is 0 Å². The van der Waals surface area contributed by atoms with Crippen molar-refractivity contribution in [2.24, 2.45) is 0 Å². The molecule has 0 fully saturated rings. The van der Waals surface area contributed by atoms with Gasteiger partial charge in [0, 0.05) is 17.1 Å². The molecule has 0 spiro atoms. The summed E-state index contributed by atoms with van der Waals surface area (Å²) in [6.45, 7) is 0.718. The van der Waals surface area contributed by atoms with Crippen LogP contribution in [0.1, 0.15) is 12.0 Å². The molecule has 2 aromatic rings. The van der Waals surface area contributed by atoms with Gasteiger partial charge in [0.2, 0.25) is 0 Å². The number of nitrogens with one attached hydrogen (secondary N) is 2. The van der Waals surface area contributed by atoms with E-state index in [4.69, 9.17) is 5.11 Å². The number of hydrogen-bond donors (Lipinski definition) is 3. The molecule has 0 aliphatic heterocycles. The first kappa shape index (κ1) is 14.9. The van der Waals surface area contributed by atoms with Crippen LogP contribution in [0.3, 0.4) is 0 Å². The van der Waals surface area contributed by atoms with Gasteiger partial charge in [0.05, 0.1) is 0 Å². The topological polar surface area (TPSA) is 48.0 Å². The van der Waals surface area contributed by atoms with Crippen LogP contribution in [0.15, 0.2) is 30.5 Å². The second-order valence-electron chi connectivity index (χ2n) is 4.71. The molecule has 3 N–H and O–H groups in total. The van der Waals surface area contributed by atoms with Gasteiger partial charge in [0.25, 0.3) is 0 Å². The Morgan fingerprint density at radius 2 is 1.95 bits per heavy atom. The van der Waals surface area contributed by atoms with Crippen molar-refractivity contribution in [1.29, 1.82) is 0 Å². The van der Waals surface area contributed by atoms with E-state index in [0.717, 1.165) is 22.9 Å². The minimum absolute atomic E-state index is 0.142. The number of halogens is 3. The summed E-state index contributed by atoms with van der Waals surface area (Å²) in [4.78, 5) is 3.15. The summed E-state index contributed by atoms with van der Waals surface area (Å²) in [5.41, 5.74) is 2.18. The van der Waals surface area contributed by atoms with Gasteiger partial charge >= 0.3 is 6.18 Å². The Morgan fingerprint density at radius 1 is 1.20 bits per heavy atom. The summed E-state index contributed by atoms with van der Waals surface area (Å²) in [5, 5.41) is 12.9. The van der Waals surface area contributed by atoms with Gasteiger partial charge in [-0.05, 0) is 37.6 Å². The van der Waals surface area contributed by atoms with E-state index in [2.05, 4.69) is 10.3 Å². The average Bonchev–Trinajstić information content (AvgIpc) is 2.80.